The molecule has 0 aromatic heterocycles. The Bertz CT molecular complexity index is 1410. The maximum absolute atomic E-state index is 12.6. The number of aliphatic hydroxyl groups is 6. The zero-order valence-corrected chi connectivity index (χ0v) is 32.9. The minimum atomic E-state index is -1.01. The molecule has 8 rings (SSSR count). The Hall–Kier alpha value is -1.27. The van der Waals surface area contributed by atoms with Crippen molar-refractivity contribution in [3.05, 3.63) is 11.6 Å². The van der Waals surface area contributed by atoms with Crippen LogP contribution >= 0.6 is 0 Å². The number of hydrogen-bond donors (Lipinski definition) is 6. The van der Waals surface area contributed by atoms with Crippen molar-refractivity contribution < 1.29 is 68.6 Å². The van der Waals surface area contributed by atoms with E-state index in [4.69, 9.17) is 33.2 Å². The highest BCUT2D eigenvalue weighted by Gasteiger charge is 2.71. The lowest BCUT2D eigenvalue weighted by Gasteiger charge is -2.65. The molecule has 4 heterocycles. The molecule has 8 aliphatic rings. The van der Waals surface area contributed by atoms with Crippen LogP contribution < -0.4 is 0 Å². The van der Waals surface area contributed by atoms with E-state index < -0.39 is 90.9 Å². The Labute approximate surface area is 323 Å². The maximum atomic E-state index is 12.6. The summed E-state index contributed by atoms with van der Waals surface area (Å²) in [6.45, 7) is 9.90. The Balaban J connectivity index is 0.837. The number of rotatable bonds is 7. The molecule has 3 saturated heterocycles. The van der Waals surface area contributed by atoms with Crippen LogP contribution in [0.25, 0.3) is 0 Å². The number of cyclic esters (lactones) is 1. The zero-order chi connectivity index (χ0) is 39.2. The summed E-state index contributed by atoms with van der Waals surface area (Å²) in [5.74, 6) is 0.204. The van der Waals surface area contributed by atoms with E-state index >= 15 is 0 Å². The summed E-state index contributed by atoms with van der Waals surface area (Å²) < 4.78 is 42.1. The van der Waals surface area contributed by atoms with Crippen LogP contribution in [0.15, 0.2) is 11.6 Å². The first-order valence-electron chi connectivity index (χ1n) is 20.9. The second kappa shape index (κ2) is 15.1. The van der Waals surface area contributed by atoms with Gasteiger partial charge in [0.2, 0.25) is 0 Å². The lowest BCUT2D eigenvalue weighted by Crippen LogP contribution is -2.67. The Morgan fingerprint density at radius 2 is 1.29 bits per heavy atom. The smallest absolute Gasteiger partial charge is 0.331 e. The first kappa shape index (κ1) is 40.5. The molecule has 0 radical (unpaired) electrons. The number of carbonyl (C=O) groups excluding carboxylic acids is 1. The Morgan fingerprint density at radius 3 is 1.87 bits per heavy atom. The van der Waals surface area contributed by atoms with E-state index in [1.54, 1.807) is 19.9 Å². The van der Waals surface area contributed by atoms with Gasteiger partial charge in [0.05, 0.1) is 54.4 Å². The van der Waals surface area contributed by atoms with E-state index in [-0.39, 0.29) is 61.1 Å². The third-order valence-corrected chi connectivity index (χ3v) is 16.0. The summed E-state index contributed by atoms with van der Waals surface area (Å²) in [5.41, 5.74) is -0.892. The van der Waals surface area contributed by atoms with Crippen molar-refractivity contribution in [2.45, 2.75) is 197 Å². The molecule has 0 aromatic carbocycles. The van der Waals surface area contributed by atoms with E-state index in [1.807, 2.05) is 13.8 Å². The second-order valence-electron chi connectivity index (χ2n) is 18.8. The number of esters is 1. The van der Waals surface area contributed by atoms with Crippen molar-refractivity contribution in [3.63, 3.8) is 0 Å². The molecule has 0 aromatic rings. The molecule has 4 saturated carbocycles. The van der Waals surface area contributed by atoms with Gasteiger partial charge in [-0.25, -0.2) is 4.79 Å². The zero-order valence-electron chi connectivity index (χ0n) is 32.9. The number of aliphatic hydroxyl groups excluding tert-OH is 5. The molecular formula is C41H64O14. The molecule has 0 bridgehead atoms. The molecule has 4 aliphatic carbocycles. The van der Waals surface area contributed by atoms with Crippen LogP contribution in [0.5, 0.6) is 0 Å². The third-order valence-electron chi connectivity index (χ3n) is 16.0. The molecule has 7 fully saturated rings. The SMILES string of the molecule is C[C@H]1OC(OC2[C@@H](O)C[C@H](O[C@H]3CC[C@@]4(C)C(CC[C@@H]5C4C[C@@H](O)[C@]4(C)[C@@H](C6=CC(=O)OC6)CC[C@]54O)C3)O[C@@H]2C)C[C@H](O)C1OC1C[C@H](O)[C@H](O)[C@@H](C)O1. The van der Waals surface area contributed by atoms with Crippen LogP contribution in [0, 0.1) is 34.5 Å². The fourth-order valence-electron chi connectivity index (χ4n) is 12.8. The average Bonchev–Trinajstić information content (AvgIpc) is 3.67. The average molecular weight is 781 g/mol. The molecule has 6 N–H and O–H groups in total. The van der Waals surface area contributed by atoms with Gasteiger partial charge in [-0.2, -0.15) is 0 Å². The monoisotopic (exact) mass is 780 g/mol. The van der Waals surface area contributed by atoms with Gasteiger partial charge in [-0.1, -0.05) is 13.8 Å². The molecule has 6 unspecified atom stereocenters. The molecule has 55 heavy (non-hydrogen) atoms. The van der Waals surface area contributed by atoms with Crippen molar-refractivity contribution in [3.8, 4) is 0 Å². The first-order valence-corrected chi connectivity index (χ1v) is 20.9. The molecule has 312 valence electrons. The molecule has 14 heteroatoms. The van der Waals surface area contributed by atoms with Crippen LogP contribution in [0.2, 0.25) is 0 Å². The largest absolute Gasteiger partial charge is 0.458 e. The van der Waals surface area contributed by atoms with E-state index in [0.29, 0.717) is 18.8 Å². The summed E-state index contributed by atoms with van der Waals surface area (Å²) in [7, 11) is 0. The molecule has 4 aliphatic heterocycles. The van der Waals surface area contributed by atoms with Gasteiger partial charge in [-0.15, -0.1) is 0 Å². The quantitative estimate of drug-likeness (QED) is 0.162. The molecule has 14 nitrogen and oxygen atoms in total. The van der Waals surface area contributed by atoms with E-state index in [0.717, 1.165) is 44.1 Å². The van der Waals surface area contributed by atoms with Crippen molar-refractivity contribution in [1.29, 1.82) is 0 Å². The molecule has 0 amide bonds. The van der Waals surface area contributed by atoms with E-state index in [1.165, 1.54) is 0 Å². The number of hydrogen-bond acceptors (Lipinski definition) is 14. The summed E-state index contributed by atoms with van der Waals surface area (Å²) >= 11 is 0. The second-order valence-corrected chi connectivity index (χ2v) is 18.8. The van der Waals surface area contributed by atoms with Crippen LogP contribution in [0.4, 0.5) is 0 Å². The van der Waals surface area contributed by atoms with Crippen molar-refractivity contribution in [1.82, 2.24) is 0 Å². The van der Waals surface area contributed by atoms with Crippen LogP contribution in [0.1, 0.15) is 105 Å². The Morgan fingerprint density at radius 1 is 0.691 bits per heavy atom. The minimum Gasteiger partial charge on any atom is -0.458 e. The maximum Gasteiger partial charge on any atom is 0.331 e. The fourth-order valence-corrected chi connectivity index (χ4v) is 12.8. The lowest BCUT2D eigenvalue weighted by molar-refractivity contribution is -0.336. The van der Waals surface area contributed by atoms with Crippen LogP contribution in [0.3, 0.4) is 0 Å². The summed E-state index contributed by atoms with van der Waals surface area (Å²) in [5, 5.41) is 66.9. The molecule has 0 spiro atoms. The standard InChI is InChI=1S/C41H64O14/c1-19-36(47)28(42)15-34(50-19)54-38-21(3)52-35(17-30(38)44)55-37-20(2)51-33(16-29(37)43)53-24-8-10-39(4)23(13-24)6-7-26-27(39)14-31(45)40(5)25(9-11-41(26,40)48)22-12-32(46)49-18-22/h12,19-21,23-31,33-38,42-45,47-48H,6-11,13-18H2,1-5H3/t19-,20-,21-,23?,24+,25-,26-,27?,28+,29+,30+,31-,33+,34?,35?,36-,37?,38?,39+,40+,41+/m1/s1. The summed E-state index contributed by atoms with van der Waals surface area (Å²) in [4.78, 5) is 11.9. The predicted octanol–water partition coefficient (Wildman–Crippen LogP) is 2.22. The highest BCUT2D eigenvalue weighted by Crippen LogP contribution is 2.70. The van der Waals surface area contributed by atoms with Gasteiger partial charge in [-0.05, 0) is 107 Å². The van der Waals surface area contributed by atoms with Crippen molar-refractivity contribution in [2.75, 3.05) is 6.61 Å². The Kier molecular flexibility index (Phi) is 11.1. The van der Waals surface area contributed by atoms with E-state index in [2.05, 4.69) is 6.92 Å². The van der Waals surface area contributed by atoms with Gasteiger partial charge < -0.3 is 63.8 Å². The van der Waals surface area contributed by atoms with Gasteiger partial charge >= 0.3 is 5.97 Å². The van der Waals surface area contributed by atoms with Gasteiger partial charge in [0.1, 0.15) is 24.9 Å². The van der Waals surface area contributed by atoms with Crippen LogP contribution in [-0.4, -0.2) is 135 Å². The van der Waals surface area contributed by atoms with Gasteiger partial charge in [0.15, 0.2) is 18.9 Å². The van der Waals surface area contributed by atoms with Gasteiger partial charge in [0.25, 0.3) is 0 Å². The first-order chi connectivity index (χ1) is 26.0. The minimum absolute atomic E-state index is 0.0452. The molecule has 21 atom stereocenters. The van der Waals surface area contributed by atoms with Gasteiger partial charge in [0, 0.05) is 30.8 Å². The fraction of sp³-hybridized carbons (Fsp3) is 0.927. The lowest BCUT2D eigenvalue weighted by atomic mass is 9.42. The normalized spacial score (nSPS) is 55.5. The highest BCUT2D eigenvalue weighted by molar-refractivity contribution is 5.85. The third kappa shape index (κ3) is 6.95. The summed E-state index contributed by atoms with van der Waals surface area (Å²) in [6, 6.07) is 0. The number of fused-ring (bicyclic) bond motifs is 5. The van der Waals surface area contributed by atoms with Gasteiger partial charge in [-0.3, -0.25) is 0 Å². The molecular weight excluding hydrogens is 716 g/mol. The van der Waals surface area contributed by atoms with Crippen LogP contribution in [-0.2, 0) is 38.0 Å². The van der Waals surface area contributed by atoms with Crippen molar-refractivity contribution in [2.24, 2.45) is 34.5 Å². The predicted molar refractivity (Wildman–Crippen MR) is 193 cm³/mol. The van der Waals surface area contributed by atoms with E-state index in [9.17, 15) is 35.4 Å². The highest BCUT2D eigenvalue weighted by atomic mass is 16.7. The van der Waals surface area contributed by atoms with Crippen molar-refractivity contribution >= 4 is 5.97 Å². The number of carbonyl (C=O) groups is 1. The topological polar surface area (TPSA) is 203 Å². The summed E-state index contributed by atoms with van der Waals surface area (Å²) in [6.07, 6.45) is -1.51. The number of ether oxygens (including phenoxy) is 7.